The minimum atomic E-state index is -0.934. The van der Waals surface area contributed by atoms with Crippen LogP contribution in [0.4, 0.5) is 5.82 Å². The zero-order valence-corrected chi connectivity index (χ0v) is 10.3. The molecule has 1 N–H and O–H groups in total. The topological polar surface area (TPSA) is 75.5 Å². The zero-order valence-electron chi connectivity index (χ0n) is 9.44. The molecule has 0 aliphatic carbocycles. The molecule has 0 amide bonds. The number of anilines is 1. The number of hydrogen-bond donors (Lipinski definition) is 1. The van der Waals surface area contributed by atoms with Gasteiger partial charge in [-0.05, 0) is 11.4 Å². The highest BCUT2D eigenvalue weighted by atomic mass is 32.1. The minimum Gasteiger partial charge on any atom is -0.479 e. The van der Waals surface area contributed by atoms with Crippen LogP contribution in [0.15, 0.2) is 17.8 Å². The second-order valence-corrected chi connectivity index (χ2v) is 4.89. The predicted octanol–water partition coefficient (Wildman–Crippen LogP) is 0.981. The van der Waals surface area contributed by atoms with Crippen molar-refractivity contribution in [2.75, 3.05) is 24.6 Å². The van der Waals surface area contributed by atoms with E-state index in [9.17, 15) is 4.79 Å². The highest BCUT2D eigenvalue weighted by Crippen LogP contribution is 2.28. The Balaban J connectivity index is 1.94. The van der Waals surface area contributed by atoms with Gasteiger partial charge in [-0.15, -0.1) is 11.3 Å². The first kappa shape index (κ1) is 11.4. The molecule has 2 aromatic heterocycles. The molecular formula is C11H11N3O3S. The fourth-order valence-corrected chi connectivity index (χ4v) is 2.85. The summed E-state index contributed by atoms with van der Waals surface area (Å²) >= 11 is 1.56. The lowest BCUT2D eigenvalue weighted by molar-refractivity contribution is -0.150. The van der Waals surface area contributed by atoms with E-state index in [1.807, 2.05) is 16.3 Å². The van der Waals surface area contributed by atoms with Gasteiger partial charge in [0.25, 0.3) is 0 Å². The predicted molar refractivity (Wildman–Crippen MR) is 67.0 cm³/mol. The third-order valence-corrected chi connectivity index (χ3v) is 3.77. The maximum atomic E-state index is 11.0. The summed E-state index contributed by atoms with van der Waals surface area (Å²) in [5, 5.41) is 11.0. The Morgan fingerprint density at radius 1 is 1.56 bits per heavy atom. The second-order valence-electron chi connectivity index (χ2n) is 3.98. The van der Waals surface area contributed by atoms with Crippen LogP contribution in [0.3, 0.4) is 0 Å². The molecule has 18 heavy (non-hydrogen) atoms. The first-order valence-electron chi connectivity index (χ1n) is 5.53. The van der Waals surface area contributed by atoms with E-state index in [1.165, 1.54) is 6.33 Å². The summed E-state index contributed by atoms with van der Waals surface area (Å²) in [4.78, 5) is 21.4. The summed E-state index contributed by atoms with van der Waals surface area (Å²) < 4.78 is 6.19. The number of hydrogen-bond acceptors (Lipinski definition) is 6. The van der Waals surface area contributed by atoms with Crippen molar-refractivity contribution in [1.29, 1.82) is 0 Å². The van der Waals surface area contributed by atoms with Crippen molar-refractivity contribution < 1.29 is 14.6 Å². The van der Waals surface area contributed by atoms with Gasteiger partial charge in [0.1, 0.15) is 12.1 Å². The molecule has 0 spiro atoms. The Morgan fingerprint density at radius 3 is 3.28 bits per heavy atom. The van der Waals surface area contributed by atoms with Crippen molar-refractivity contribution in [2.45, 2.75) is 6.10 Å². The number of rotatable bonds is 2. The first-order valence-corrected chi connectivity index (χ1v) is 6.41. The van der Waals surface area contributed by atoms with Gasteiger partial charge in [0.15, 0.2) is 6.10 Å². The summed E-state index contributed by atoms with van der Waals surface area (Å²) in [5.74, 6) is -0.138. The molecule has 0 saturated carbocycles. The van der Waals surface area contributed by atoms with Gasteiger partial charge < -0.3 is 14.7 Å². The summed E-state index contributed by atoms with van der Waals surface area (Å²) in [5.41, 5.74) is 0.892. The van der Waals surface area contributed by atoms with Gasteiger partial charge in [0.2, 0.25) is 0 Å². The van der Waals surface area contributed by atoms with Crippen LogP contribution < -0.4 is 4.90 Å². The van der Waals surface area contributed by atoms with Crippen LogP contribution in [0.25, 0.3) is 10.2 Å². The normalized spacial score (nSPS) is 20.2. The Kier molecular flexibility index (Phi) is 2.85. The van der Waals surface area contributed by atoms with Gasteiger partial charge in [0, 0.05) is 6.54 Å². The largest absolute Gasteiger partial charge is 0.479 e. The van der Waals surface area contributed by atoms with Gasteiger partial charge in [-0.3, -0.25) is 0 Å². The van der Waals surface area contributed by atoms with Gasteiger partial charge in [-0.2, -0.15) is 0 Å². The Bertz CT molecular complexity index is 586. The van der Waals surface area contributed by atoms with E-state index in [2.05, 4.69) is 9.97 Å². The SMILES string of the molecule is O=C(O)C1CN(c2ncnc3ccsc23)CCO1. The molecule has 6 nitrogen and oxygen atoms in total. The molecule has 7 heteroatoms. The number of morpholine rings is 1. The lowest BCUT2D eigenvalue weighted by Crippen LogP contribution is -2.46. The summed E-state index contributed by atoms with van der Waals surface area (Å²) in [7, 11) is 0. The molecule has 1 fully saturated rings. The summed E-state index contributed by atoms with van der Waals surface area (Å²) in [6.07, 6.45) is 0.721. The van der Waals surface area contributed by atoms with Gasteiger partial charge in [-0.1, -0.05) is 0 Å². The van der Waals surface area contributed by atoms with Crippen LogP contribution >= 0.6 is 11.3 Å². The van der Waals surface area contributed by atoms with E-state index in [4.69, 9.17) is 9.84 Å². The average molecular weight is 265 g/mol. The van der Waals surface area contributed by atoms with Crippen molar-refractivity contribution in [2.24, 2.45) is 0 Å². The van der Waals surface area contributed by atoms with Gasteiger partial charge in [-0.25, -0.2) is 14.8 Å². The van der Waals surface area contributed by atoms with Gasteiger partial charge in [0.05, 0.1) is 23.4 Å². The Hall–Kier alpha value is -1.73. The highest BCUT2D eigenvalue weighted by Gasteiger charge is 2.28. The molecule has 0 radical (unpaired) electrons. The van der Waals surface area contributed by atoms with Crippen LogP contribution in [0, 0.1) is 0 Å². The van der Waals surface area contributed by atoms with Crippen LogP contribution in [0.1, 0.15) is 0 Å². The number of thiophene rings is 1. The molecule has 3 rings (SSSR count). The van der Waals surface area contributed by atoms with Crippen molar-refractivity contribution in [3.8, 4) is 0 Å². The standard InChI is InChI=1S/C11H11N3O3S/c15-11(16)8-5-14(2-3-17-8)10-9-7(1-4-18-9)12-6-13-10/h1,4,6,8H,2-3,5H2,(H,15,16). The molecule has 1 aliphatic rings. The number of carbonyl (C=O) groups is 1. The van der Waals surface area contributed by atoms with E-state index in [0.29, 0.717) is 19.7 Å². The minimum absolute atomic E-state index is 0.319. The number of carboxylic acid groups (broad SMARTS) is 1. The van der Waals surface area contributed by atoms with Crippen LogP contribution in [0.2, 0.25) is 0 Å². The molecule has 1 unspecified atom stereocenters. The monoisotopic (exact) mass is 265 g/mol. The lowest BCUT2D eigenvalue weighted by Gasteiger charge is -2.31. The molecule has 1 atom stereocenters. The molecular weight excluding hydrogens is 254 g/mol. The summed E-state index contributed by atoms with van der Waals surface area (Å²) in [6.45, 7) is 1.36. The molecule has 3 heterocycles. The third kappa shape index (κ3) is 1.91. The van der Waals surface area contributed by atoms with E-state index in [-0.39, 0.29) is 0 Å². The Morgan fingerprint density at radius 2 is 2.44 bits per heavy atom. The van der Waals surface area contributed by atoms with Crippen molar-refractivity contribution in [3.05, 3.63) is 17.8 Å². The third-order valence-electron chi connectivity index (χ3n) is 2.87. The molecule has 94 valence electrons. The van der Waals surface area contributed by atoms with Crippen molar-refractivity contribution >= 4 is 33.3 Å². The molecule has 2 aromatic rings. The fraction of sp³-hybridized carbons (Fsp3) is 0.364. The fourth-order valence-electron chi connectivity index (χ4n) is 1.99. The highest BCUT2D eigenvalue weighted by molar-refractivity contribution is 7.17. The number of aliphatic carboxylic acids is 1. The molecule has 0 aromatic carbocycles. The maximum Gasteiger partial charge on any atom is 0.334 e. The lowest BCUT2D eigenvalue weighted by atomic mass is 10.2. The van der Waals surface area contributed by atoms with E-state index >= 15 is 0 Å². The smallest absolute Gasteiger partial charge is 0.334 e. The number of nitrogens with zero attached hydrogens (tertiary/aromatic N) is 3. The average Bonchev–Trinajstić information content (AvgIpc) is 2.87. The Labute approximate surface area is 107 Å². The first-order chi connectivity index (χ1) is 8.75. The van der Waals surface area contributed by atoms with Crippen LogP contribution in [-0.2, 0) is 9.53 Å². The van der Waals surface area contributed by atoms with E-state index in [1.54, 1.807) is 11.3 Å². The maximum absolute atomic E-state index is 11.0. The zero-order chi connectivity index (χ0) is 12.5. The van der Waals surface area contributed by atoms with E-state index in [0.717, 1.165) is 16.0 Å². The number of fused-ring (bicyclic) bond motifs is 1. The van der Waals surface area contributed by atoms with Gasteiger partial charge >= 0.3 is 5.97 Å². The number of ether oxygens (including phenoxy) is 1. The van der Waals surface area contributed by atoms with Crippen molar-refractivity contribution in [1.82, 2.24) is 9.97 Å². The second kappa shape index (κ2) is 4.51. The molecule has 0 bridgehead atoms. The molecule has 1 aliphatic heterocycles. The van der Waals surface area contributed by atoms with Crippen LogP contribution in [0.5, 0.6) is 0 Å². The number of carboxylic acids is 1. The number of aromatic nitrogens is 2. The van der Waals surface area contributed by atoms with E-state index < -0.39 is 12.1 Å². The van der Waals surface area contributed by atoms with Crippen molar-refractivity contribution in [3.63, 3.8) is 0 Å². The molecule has 1 saturated heterocycles. The quantitative estimate of drug-likeness (QED) is 0.872. The summed E-state index contributed by atoms with van der Waals surface area (Å²) in [6, 6.07) is 1.93. The van der Waals surface area contributed by atoms with Crippen LogP contribution in [-0.4, -0.2) is 46.8 Å².